The maximum absolute atomic E-state index is 13.7. The molecule has 0 spiro atoms. The molecule has 1 amide bonds. The van der Waals surface area contributed by atoms with Gasteiger partial charge in [0.1, 0.15) is 5.82 Å². The highest BCUT2D eigenvalue weighted by Crippen LogP contribution is 2.23. The van der Waals surface area contributed by atoms with Crippen molar-refractivity contribution in [3.63, 3.8) is 0 Å². The summed E-state index contributed by atoms with van der Waals surface area (Å²) in [5, 5.41) is 6.67. The van der Waals surface area contributed by atoms with E-state index in [-0.39, 0.29) is 18.1 Å². The maximum Gasteiger partial charge on any atom is 0.226 e. The second-order valence-electron chi connectivity index (χ2n) is 5.60. The molecular weight excluding hydrogens is 307 g/mol. The Morgan fingerprint density at radius 3 is 2.67 bits per heavy atom. The number of benzene rings is 2. The first-order chi connectivity index (χ1) is 11.6. The van der Waals surface area contributed by atoms with Crippen LogP contribution in [0.3, 0.4) is 0 Å². The van der Waals surface area contributed by atoms with E-state index in [0.29, 0.717) is 23.6 Å². The van der Waals surface area contributed by atoms with E-state index in [1.807, 2.05) is 31.2 Å². The van der Waals surface area contributed by atoms with Crippen LogP contribution in [-0.4, -0.2) is 11.1 Å². The van der Waals surface area contributed by atoms with Gasteiger partial charge in [-0.1, -0.05) is 47.1 Å². The van der Waals surface area contributed by atoms with Crippen LogP contribution in [0, 0.1) is 12.7 Å². The first-order valence-electron chi connectivity index (χ1n) is 7.64. The van der Waals surface area contributed by atoms with Gasteiger partial charge in [0, 0.05) is 12.6 Å². The summed E-state index contributed by atoms with van der Waals surface area (Å²) >= 11 is 0. The number of hydrogen-bond donors (Lipinski definition) is 1. The van der Waals surface area contributed by atoms with E-state index in [1.54, 1.807) is 24.3 Å². The standard InChI is InChI=1S/C19H17FN2O2/c1-13-6-8-14(9-7-13)12-21-19(23)11-15-10-18(24-22-15)16-4-2-3-5-17(16)20/h2-10H,11-12H2,1H3,(H,21,23). The van der Waals surface area contributed by atoms with Gasteiger partial charge in [-0.3, -0.25) is 4.79 Å². The molecule has 0 bridgehead atoms. The quantitative estimate of drug-likeness (QED) is 0.779. The summed E-state index contributed by atoms with van der Waals surface area (Å²) in [6, 6.07) is 15.8. The molecule has 0 unspecified atom stereocenters. The van der Waals surface area contributed by atoms with Crippen molar-refractivity contribution in [2.45, 2.75) is 19.9 Å². The van der Waals surface area contributed by atoms with E-state index >= 15 is 0 Å². The molecule has 1 N–H and O–H groups in total. The van der Waals surface area contributed by atoms with Crippen LogP contribution in [0.2, 0.25) is 0 Å². The number of hydrogen-bond acceptors (Lipinski definition) is 3. The van der Waals surface area contributed by atoms with Crippen LogP contribution in [0.5, 0.6) is 0 Å². The van der Waals surface area contributed by atoms with Gasteiger partial charge in [0.15, 0.2) is 5.76 Å². The molecule has 24 heavy (non-hydrogen) atoms. The van der Waals surface area contributed by atoms with Gasteiger partial charge in [-0.25, -0.2) is 4.39 Å². The Morgan fingerprint density at radius 1 is 1.17 bits per heavy atom. The monoisotopic (exact) mass is 324 g/mol. The van der Waals surface area contributed by atoms with Crippen LogP contribution >= 0.6 is 0 Å². The topological polar surface area (TPSA) is 55.1 Å². The molecule has 0 aliphatic heterocycles. The third kappa shape index (κ3) is 3.87. The van der Waals surface area contributed by atoms with Crippen LogP contribution in [0.25, 0.3) is 11.3 Å². The number of halogens is 1. The summed E-state index contributed by atoms with van der Waals surface area (Å²) < 4.78 is 18.9. The van der Waals surface area contributed by atoms with Gasteiger partial charge < -0.3 is 9.84 Å². The number of nitrogens with zero attached hydrogens (tertiary/aromatic N) is 1. The number of carbonyl (C=O) groups excluding carboxylic acids is 1. The van der Waals surface area contributed by atoms with Crippen molar-refractivity contribution < 1.29 is 13.7 Å². The highest BCUT2D eigenvalue weighted by Gasteiger charge is 2.13. The zero-order valence-electron chi connectivity index (χ0n) is 13.3. The molecule has 3 aromatic rings. The van der Waals surface area contributed by atoms with E-state index in [4.69, 9.17) is 4.52 Å². The fourth-order valence-corrected chi connectivity index (χ4v) is 2.32. The second kappa shape index (κ2) is 7.08. The van der Waals surface area contributed by atoms with Crippen LogP contribution in [0.4, 0.5) is 4.39 Å². The Balaban J connectivity index is 1.59. The van der Waals surface area contributed by atoms with Crippen LogP contribution in [0.15, 0.2) is 59.1 Å². The largest absolute Gasteiger partial charge is 0.356 e. The molecule has 1 aromatic heterocycles. The maximum atomic E-state index is 13.7. The molecule has 0 aliphatic carbocycles. The Hall–Kier alpha value is -2.95. The fourth-order valence-electron chi connectivity index (χ4n) is 2.32. The van der Waals surface area contributed by atoms with E-state index in [2.05, 4.69) is 10.5 Å². The van der Waals surface area contributed by atoms with E-state index < -0.39 is 0 Å². The third-order valence-electron chi connectivity index (χ3n) is 3.65. The molecule has 1 heterocycles. The Kier molecular flexibility index (Phi) is 4.70. The van der Waals surface area contributed by atoms with Gasteiger partial charge in [-0.2, -0.15) is 0 Å². The van der Waals surface area contributed by atoms with Crippen molar-refractivity contribution in [1.29, 1.82) is 0 Å². The fraction of sp³-hybridized carbons (Fsp3) is 0.158. The summed E-state index contributed by atoms with van der Waals surface area (Å²) in [5.41, 5.74) is 3.00. The van der Waals surface area contributed by atoms with Gasteiger partial charge in [0.05, 0.1) is 17.7 Å². The molecule has 0 atom stereocenters. The summed E-state index contributed by atoms with van der Waals surface area (Å²) in [5.74, 6) is -0.234. The number of rotatable bonds is 5. The molecule has 0 fully saturated rings. The lowest BCUT2D eigenvalue weighted by atomic mass is 10.1. The predicted octanol–water partition coefficient (Wildman–Crippen LogP) is 3.65. The minimum atomic E-state index is -0.385. The van der Waals surface area contributed by atoms with Crippen molar-refractivity contribution in [2.75, 3.05) is 0 Å². The first kappa shape index (κ1) is 15.9. The normalized spacial score (nSPS) is 10.6. The minimum absolute atomic E-state index is 0.0871. The number of aryl methyl sites for hydroxylation is 1. The number of aromatic nitrogens is 1. The SMILES string of the molecule is Cc1ccc(CNC(=O)Cc2cc(-c3ccccc3F)on2)cc1. The number of nitrogens with one attached hydrogen (secondary N) is 1. The predicted molar refractivity (Wildman–Crippen MR) is 88.6 cm³/mol. The average Bonchev–Trinajstić information content (AvgIpc) is 3.03. The summed E-state index contributed by atoms with van der Waals surface area (Å²) in [7, 11) is 0. The zero-order valence-corrected chi connectivity index (χ0v) is 13.3. The molecule has 2 aromatic carbocycles. The third-order valence-corrected chi connectivity index (χ3v) is 3.65. The van der Waals surface area contributed by atoms with Crippen molar-refractivity contribution in [1.82, 2.24) is 10.5 Å². The molecule has 5 heteroatoms. The molecule has 4 nitrogen and oxygen atoms in total. The molecule has 0 radical (unpaired) electrons. The lowest BCUT2D eigenvalue weighted by molar-refractivity contribution is -0.120. The Morgan fingerprint density at radius 2 is 1.92 bits per heavy atom. The molecule has 122 valence electrons. The Labute approximate surface area is 139 Å². The number of amides is 1. The average molecular weight is 324 g/mol. The minimum Gasteiger partial charge on any atom is -0.356 e. The van der Waals surface area contributed by atoms with Crippen molar-refractivity contribution >= 4 is 5.91 Å². The molecular formula is C19H17FN2O2. The lowest BCUT2D eigenvalue weighted by Crippen LogP contribution is -2.24. The van der Waals surface area contributed by atoms with Gasteiger partial charge >= 0.3 is 0 Å². The van der Waals surface area contributed by atoms with Crippen molar-refractivity contribution in [2.24, 2.45) is 0 Å². The highest BCUT2D eigenvalue weighted by atomic mass is 19.1. The van der Waals surface area contributed by atoms with Gasteiger partial charge in [-0.15, -0.1) is 0 Å². The lowest BCUT2D eigenvalue weighted by Gasteiger charge is -2.04. The smallest absolute Gasteiger partial charge is 0.226 e. The van der Waals surface area contributed by atoms with Crippen LogP contribution in [-0.2, 0) is 17.8 Å². The second-order valence-corrected chi connectivity index (χ2v) is 5.60. The van der Waals surface area contributed by atoms with Crippen LogP contribution in [0.1, 0.15) is 16.8 Å². The number of carbonyl (C=O) groups is 1. The van der Waals surface area contributed by atoms with E-state index in [1.165, 1.54) is 11.6 Å². The highest BCUT2D eigenvalue weighted by molar-refractivity contribution is 5.78. The van der Waals surface area contributed by atoms with Gasteiger partial charge in [0.2, 0.25) is 5.91 Å². The first-order valence-corrected chi connectivity index (χ1v) is 7.64. The van der Waals surface area contributed by atoms with E-state index in [0.717, 1.165) is 5.56 Å². The van der Waals surface area contributed by atoms with Gasteiger partial charge in [-0.05, 0) is 24.6 Å². The molecule has 0 aliphatic rings. The van der Waals surface area contributed by atoms with Crippen molar-refractivity contribution in [3.05, 3.63) is 77.2 Å². The Bertz CT molecular complexity index is 841. The summed E-state index contributed by atoms with van der Waals surface area (Å²) in [6.45, 7) is 2.47. The molecule has 0 saturated carbocycles. The van der Waals surface area contributed by atoms with Crippen LogP contribution < -0.4 is 5.32 Å². The summed E-state index contributed by atoms with van der Waals surface area (Å²) in [4.78, 5) is 12.0. The van der Waals surface area contributed by atoms with Gasteiger partial charge in [0.25, 0.3) is 0 Å². The van der Waals surface area contributed by atoms with Crippen molar-refractivity contribution in [3.8, 4) is 11.3 Å². The molecule has 0 saturated heterocycles. The van der Waals surface area contributed by atoms with E-state index in [9.17, 15) is 9.18 Å². The zero-order chi connectivity index (χ0) is 16.9. The molecule has 3 rings (SSSR count). The summed E-state index contributed by atoms with van der Waals surface area (Å²) in [6.07, 6.45) is 0.0871.